The number of thioether (sulfide) groups is 1. The molecule has 0 radical (unpaired) electrons. The van der Waals surface area contributed by atoms with Crippen LogP contribution in [-0.4, -0.2) is 16.3 Å². The lowest BCUT2D eigenvalue weighted by molar-refractivity contribution is -0.120. The number of hydrogen-bond donors (Lipinski definition) is 0. The molecule has 0 amide bonds. The second-order valence-electron chi connectivity index (χ2n) is 5.42. The fraction of sp³-hybridized carbons (Fsp3) is 0.353. The summed E-state index contributed by atoms with van der Waals surface area (Å²) in [4.78, 5) is 12.6. The van der Waals surface area contributed by atoms with Crippen LogP contribution in [-0.2, 0) is 11.2 Å². The molecule has 0 bridgehead atoms. The zero-order chi connectivity index (χ0) is 13.3. The Morgan fingerprint density at radius 3 is 2.79 bits per heavy atom. The van der Waals surface area contributed by atoms with E-state index in [0.717, 1.165) is 17.7 Å². The largest absolute Gasteiger partial charge is 0.298 e. The molecule has 0 aromatic heterocycles. The maximum Gasteiger partial charge on any atom is 0.152 e. The molecular formula is C17H18OS. The van der Waals surface area contributed by atoms with Gasteiger partial charge in [0.25, 0.3) is 0 Å². The second-order valence-corrected chi connectivity index (χ2v) is 7.02. The molecule has 2 heteroatoms. The van der Waals surface area contributed by atoms with Crippen LogP contribution < -0.4 is 0 Å². The molecule has 19 heavy (non-hydrogen) atoms. The smallest absolute Gasteiger partial charge is 0.152 e. The standard InChI is InChI=1S/C17H18OS/c1-17(10-5-11-19-17)16(18)12-14-8-4-7-13-6-2-3-9-15(13)14/h2-4,6-9H,5,10-12H2,1H3. The lowest BCUT2D eigenvalue weighted by atomic mass is 9.93. The van der Waals surface area contributed by atoms with Gasteiger partial charge in [0.2, 0.25) is 0 Å². The Morgan fingerprint density at radius 2 is 2.00 bits per heavy atom. The maximum atomic E-state index is 12.6. The average molecular weight is 270 g/mol. The van der Waals surface area contributed by atoms with E-state index in [-0.39, 0.29) is 4.75 Å². The van der Waals surface area contributed by atoms with E-state index in [2.05, 4.69) is 37.3 Å². The van der Waals surface area contributed by atoms with E-state index in [1.54, 1.807) is 0 Å². The zero-order valence-corrected chi connectivity index (χ0v) is 12.0. The highest BCUT2D eigenvalue weighted by atomic mass is 32.2. The SMILES string of the molecule is CC1(C(=O)Cc2cccc3ccccc23)CCCS1. The van der Waals surface area contributed by atoms with Gasteiger partial charge in [0, 0.05) is 6.42 Å². The van der Waals surface area contributed by atoms with Gasteiger partial charge >= 0.3 is 0 Å². The molecule has 0 saturated carbocycles. The van der Waals surface area contributed by atoms with E-state index in [4.69, 9.17) is 0 Å². The highest BCUT2D eigenvalue weighted by Crippen LogP contribution is 2.39. The van der Waals surface area contributed by atoms with Gasteiger partial charge < -0.3 is 0 Å². The van der Waals surface area contributed by atoms with Crippen molar-refractivity contribution in [3.8, 4) is 0 Å². The van der Waals surface area contributed by atoms with Gasteiger partial charge in [-0.25, -0.2) is 0 Å². The summed E-state index contributed by atoms with van der Waals surface area (Å²) in [5.41, 5.74) is 1.16. The first-order valence-electron chi connectivity index (χ1n) is 6.83. The van der Waals surface area contributed by atoms with Gasteiger partial charge in [0.1, 0.15) is 0 Å². The maximum absolute atomic E-state index is 12.6. The van der Waals surface area contributed by atoms with Gasteiger partial charge in [-0.15, -0.1) is 11.8 Å². The Kier molecular flexibility index (Phi) is 3.36. The van der Waals surface area contributed by atoms with Gasteiger partial charge in [-0.2, -0.15) is 0 Å². The molecule has 2 aromatic carbocycles. The summed E-state index contributed by atoms with van der Waals surface area (Å²) in [6, 6.07) is 14.6. The van der Waals surface area contributed by atoms with Crippen LogP contribution in [0.2, 0.25) is 0 Å². The van der Waals surface area contributed by atoms with Gasteiger partial charge in [0.15, 0.2) is 5.78 Å². The Morgan fingerprint density at radius 1 is 1.21 bits per heavy atom. The first-order chi connectivity index (χ1) is 9.19. The Balaban J connectivity index is 1.91. The Labute approximate surface area is 118 Å². The van der Waals surface area contributed by atoms with E-state index in [9.17, 15) is 4.79 Å². The molecule has 1 heterocycles. The van der Waals surface area contributed by atoms with Gasteiger partial charge in [-0.3, -0.25) is 4.79 Å². The molecule has 3 rings (SSSR count). The molecule has 0 spiro atoms. The fourth-order valence-electron chi connectivity index (χ4n) is 2.81. The van der Waals surface area contributed by atoms with Gasteiger partial charge in [-0.05, 0) is 41.9 Å². The zero-order valence-electron chi connectivity index (χ0n) is 11.2. The fourth-order valence-corrected chi connectivity index (χ4v) is 4.07. The monoisotopic (exact) mass is 270 g/mol. The van der Waals surface area contributed by atoms with Crippen molar-refractivity contribution in [1.29, 1.82) is 0 Å². The van der Waals surface area contributed by atoms with E-state index >= 15 is 0 Å². The highest BCUT2D eigenvalue weighted by Gasteiger charge is 2.36. The predicted octanol–water partition coefficient (Wildman–Crippen LogP) is 4.24. The van der Waals surface area contributed by atoms with Crippen molar-refractivity contribution in [3.05, 3.63) is 48.0 Å². The molecule has 0 aliphatic carbocycles. The van der Waals surface area contributed by atoms with Crippen molar-refractivity contribution >= 4 is 28.3 Å². The van der Waals surface area contributed by atoms with Crippen molar-refractivity contribution in [2.45, 2.75) is 30.9 Å². The van der Waals surface area contributed by atoms with Crippen LogP contribution in [0.1, 0.15) is 25.3 Å². The molecular weight excluding hydrogens is 252 g/mol. The average Bonchev–Trinajstić information content (AvgIpc) is 2.87. The van der Waals surface area contributed by atoms with E-state index in [1.807, 2.05) is 23.9 Å². The topological polar surface area (TPSA) is 17.1 Å². The molecule has 1 aliphatic heterocycles. The van der Waals surface area contributed by atoms with Crippen LogP contribution in [0.3, 0.4) is 0 Å². The van der Waals surface area contributed by atoms with E-state index < -0.39 is 0 Å². The van der Waals surface area contributed by atoms with Crippen LogP contribution in [0.25, 0.3) is 10.8 Å². The van der Waals surface area contributed by atoms with Crippen molar-refractivity contribution < 1.29 is 4.79 Å². The van der Waals surface area contributed by atoms with Crippen LogP contribution in [0, 0.1) is 0 Å². The summed E-state index contributed by atoms with van der Waals surface area (Å²) >= 11 is 1.83. The van der Waals surface area contributed by atoms with Crippen LogP contribution in [0.15, 0.2) is 42.5 Å². The third-order valence-corrected chi connectivity index (χ3v) is 5.60. The number of benzene rings is 2. The van der Waals surface area contributed by atoms with Crippen molar-refractivity contribution in [1.82, 2.24) is 0 Å². The van der Waals surface area contributed by atoms with Crippen LogP contribution >= 0.6 is 11.8 Å². The molecule has 1 unspecified atom stereocenters. The van der Waals surface area contributed by atoms with E-state index in [1.165, 1.54) is 17.2 Å². The summed E-state index contributed by atoms with van der Waals surface area (Å²) in [5, 5.41) is 2.43. The lowest BCUT2D eigenvalue weighted by Gasteiger charge is -2.21. The third kappa shape index (κ3) is 2.42. The summed E-state index contributed by atoms with van der Waals surface area (Å²) in [6.07, 6.45) is 2.76. The molecule has 98 valence electrons. The van der Waals surface area contributed by atoms with E-state index in [0.29, 0.717) is 12.2 Å². The van der Waals surface area contributed by atoms with Crippen LogP contribution in [0.5, 0.6) is 0 Å². The summed E-state index contributed by atoms with van der Waals surface area (Å²) in [7, 11) is 0. The molecule has 1 aliphatic rings. The molecule has 1 nitrogen and oxygen atoms in total. The molecule has 1 saturated heterocycles. The number of hydrogen-bond acceptors (Lipinski definition) is 2. The normalized spacial score (nSPS) is 22.8. The molecule has 2 aromatic rings. The third-order valence-electron chi connectivity index (χ3n) is 4.04. The van der Waals surface area contributed by atoms with Crippen LogP contribution in [0.4, 0.5) is 0 Å². The summed E-state index contributed by atoms with van der Waals surface area (Å²) in [6.45, 7) is 2.11. The minimum absolute atomic E-state index is 0.156. The number of ketones is 1. The number of carbonyl (C=O) groups is 1. The number of fused-ring (bicyclic) bond motifs is 1. The lowest BCUT2D eigenvalue weighted by Crippen LogP contribution is -2.30. The Hall–Kier alpha value is -1.28. The Bertz CT molecular complexity index is 606. The summed E-state index contributed by atoms with van der Waals surface area (Å²) in [5.74, 6) is 1.50. The minimum atomic E-state index is -0.156. The van der Waals surface area contributed by atoms with Crippen molar-refractivity contribution in [2.75, 3.05) is 5.75 Å². The first-order valence-corrected chi connectivity index (χ1v) is 7.81. The quantitative estimate of drug-likeness (QED) is 0.830. The molecule has 1 fully saturated rings. The summed E-state index contributed by atoms with van der Waals surface area (Å²) < 4.78 is -0.156. The first kappa shape index (κ1) is 12.7. The minimum Gasteiger partial charge on any atom is -0.298 e. The van der Waals surface area contributed by atoms with Gasteiger partial charge in [0.05, 0.1) is 4.75 Å². The van der Waals surface area contributed by atoms with Gasteiger partial charge in [-0.1, -0.05) is 42.5 Å². The van der Waals surface area contributed by atoms with Crippen molar-refractivity contribution in [3.63, 3.8) is 0 Å². The number of Topliss-reactive ketones (excluding diaryl/α,β-unsaturated/α-hetero) is 1. The highest BCUT2D eigenvalue weighted by molar-refractivity contribution is 8.01. The molecule has 0 N–H and O–H groups in total. The predicted molar refractivity (Wildman–Crippen MR) is 82.8 cm³/mol. The van der Waals surface area contributed by atoms with Crippen molar-refractivity contribution in [2.24, 2.45) is 0 Å². The molecule has 1 atom stereocenters. The number of rotatable bonds is 3. The second kappa shape index (κ2) is 5.01. The number of carbonyl (C=O) groups excluding carboxylic acids is 1.